The molecule has 0 aromatic heterocycles. The van der Waals surface area contributed by atoms with Gasteiger partial charge in [-0.2, -0.15) is 0 Å². The van der Waals surface area contributed by atoms with Crippen LogP contribution in [-0.4, -0.2) is 27.2 Å². The fraction of sp³-hybridized carbons (Fsp3) is 1.00. The molecule has 4 heteroatoms. The van der Waals surface area contributed by atoms with Gasteiger partial charge in [0.15, 0.2) is 0 Å². The average molecular weight is 278 g/mol. The van der Waals surface area contributed by atoms with E-state index in [-0.39, 0.29) is 3.55 Å². The summed E-state index contributed by atoms with van der Waals surface area (Å²) < 4.78 is 0.0325. The Morgan fingerprint density at radius 2 is 2.20 bits per heavy atom. The Balaban J connectivity index is 3.36. The normalized spacial score (nSPS) is 15.3. The van der Waals surface area contributed by atoms with E-state index in [2.05, 4.69) is 27.9 Å². The van der Waals surface area contributed by atoms with Crippen LogP contribution in [0.5, 0.6) is 0 Å². The van der Waals surface area contributed by atoms with E-state index in [4.69, 9.17) is 16.7 Å². The van der Waals surface area contributed by atoms with Crippen molar-refractivity contribution in [3.8, 4) is 0 Å². The number of hydrogen-bond acceptors (Lipinski definition) is 2. The molecule has 0 saturated carbocycles. The van der Waals surface area contributed by atoms with Gasteiger partial charge in [-0.05, 0) is 13.8 Å². The van der Waals surface area contributed by atoms with Crippen LogP contribution in [0.2, 0.25) is 0 Å². The number of aliphatic hydroxyl groups is 1. The highest BCUT2D eigenvalue weighted by molar-refractivity contribution is 14.1. The van der Waals surface area contributed by atoms with Crippen molar-refractivity contribution >= 4 is 34.2 Å². The van der Waals surface area contributed by atoms with E-state index in [1.54, 1.807) is 0 Å². The summed E-state index contributed by atoms with van der Waals surface area (Å²) in [5.41, 5.74) is 0. The van der Waals surface area contributed by atoms with Gasteiger partial charge in [0.2, 0.25) is 0 Å². The maximum absolute atomic E-state index is 9.02. The number of alkyl halides is 2. The fourth-order valence-electron chi connectivity index (χ4n) is 0.415. The Bertz CT molecular complexity index is 94.2. The van der Waals surface area contributed by atoms with E-state index >= 15 is 0 Å². The largest absolute Gasteiger partial charge is 0.391 e. The summed E-state index contributed by atoms with van der Waals surface area (Å²) in [6, 6.07) is 0. The predicted octanol–water partition coefficient (Wildman–Crippen LogP) is 1.35. The molecule has 0 aromatic carbocycles. The molecule has 0 saturated heterocycles. The Kier molecular flexibility index (Phi) is 5.19. The summed E-state index contributed by atoms with van der Waals surface area (Å²) in [7, 11) is 0. The number of hydrogen-bond donors (Lipinski definition) is 2. The van der Waals surface area contributed by atoms with E-state index in [0.717, 1.165) is 0 Å². The molecule has 10 heavy (non-hydrogen) atoms. The molecular formula is C6H13ClINO. The molecule has 0 spiro atoms. The zero-order chi connectivity index (χ0) is 8.20. The molecule has 0 rings (SSSR count). The van der Waals surface area contributed by atoms with Crippen molar-refractivity contribution in [3.63, 3.8) is 0 Å². The predicted molar refractivity (Wildman–Crippen MR) is 52.8 cm³/mol. The second-order valence-corrected chi connectivity index (χ2v) is 5.67. The summed E-state index contributed by atoms with van der Waals surface area (Å²) in [4.78, 5) is 0. The summed E-state index contributed by atoms with van der Waals surface area (Å²) >= 11 is 7.65. The first kappa shape index (κ1) is 10.9. The van der Waals surface area contributed by atoms with Crippen LogP contribution in [0, 0.1) is 0 Å². The molecule has 1 atom stereocenters. The van der Waals surface area contributed by atoms with Crippen LogP contribution >= 0.6 is 34.2 Å². The van der Waals surface area contributed by atoms with Crippen molar-refractivity contribution in [2.45, 2.75) is 23.5 Å². The zero-order valence-electron chi connectivity index (χ0n) is 6.19. The monoisotopic (exact) mass is 277 g/mol. The summed E-state index contributed by atoms with van der Waals surface area (Å²) in [5, 5.41) is 12.1. The Morgan fingerprint density at radius 3 is 2.50 bits per heavy atom. The lowest BCUT2D eigenvalue weighted by molar-refractivity contribution is 0.190. The first-order valence-corrected chi connectivity index (χ1v) is 4.75. The molecule has 2 N–H and O–H groups in total. The number of rotatable bonds is 4. The second kappa shape index (κ2) is 4.74. The molecule has 0 heterocycles. The summed E-state index contributed by atoms with van der Waals surface area (Å²) in [6.07, 6.45) is -0.435. The maximum atomic E-state index is 9.02. The van der Waals surface area contributed by atoms with Gasteiger partial charge in [-0.25, -0.2) is 0 Å². The van der Waals surface area contributed by atoms with Crippen molar-refractivity contribution in [1.82, 2.24) is 5.32 Å². The van der Waals surface area contributed by atoms with Crippen LogP contribution in [0.4, 0.5) is 0 Å². The van der Waals surface area contributed by atoms with Gasteiger partial charge in [-0.1, -0.05) is 22.6 Å². The Hall–Kier alpha value is 0.940. The number of aliphatic hydroxyl groups excluding tert-OH is 1. The Morgan fingerprint density at radius 1 is 1.70 bits per heavy atom. The van der Waals surface area contributed by atoms with Crippen LogP contribution < -0.4 is 5.32 Å². The van der Waals surface area contributed by atoms with E-state index in [9.17, 15) is 0 Å². The van der Waals surface area contributed by atoms with E-state index in [0.29, 0.717) is 12.4 Å². The third kappa shape index (κ3) is 7.05. The first-order chi connectivity index (χ1) is 4.45. The van der Waals surface area contributed by atoms with Gasteiger partial charge in [0.25, 0.3) is 0 Å². The van der Waals surface area contributed by atoms with Crippen molar-refractivity contribution in [1.29, 1.82) is 0 Å². The highest BCUT2D eigenvalue weighted by Gasteiger charge is 2.12. The SMILES string of the molecule is CC(C)(I)NCC(O)CCl. The molecule has 62 valence electrons. The molecule has 0 aliphatic heterocycles. The van der Waals surface area contributed by atoms with Gasteiger partial charge in [-0.15, -0.1) is 11.6 Å². The highest BCUT2D eigenvalue weighted by atomic mass is 127. The van der Waals surface area contributed by atoms with Crippen LogP contribution in [0.25, 0.3) is 0 Å². The van der Waals surface area contributed by atoms with Crippen LogP contribution in [0.3, 0.4) is 0 Å². The van der Waals surface area contributed by atoms with Gasteiger partial charge in [0.05, 0.1) is 9.65 Å². The van der Waals surface area contributed by atoms with Crippen molar-refractivity contribution in [2.24, 2.45) is 0 Å². The van der Waals surface area contributed by atoms with Gasteiger partial charge in [0, 0.05) is 12.4 Å². The molecule has 0 bridgehead atoms. The fourth-order valence-corrected chi connectivity index (χ4v) is 0.744. The molecule has 0 aliphatic rings. The molecule has 0 aliphatic carbocycles. The first-order valence-electron chi connectivity index (χ1n) is 3.13. The van der Waals surface area contributed by atoms with E-state index in [1.807, 2.05) is 13.8 Å². The van der Waals surface area contributed by atoms with Crippen LogP contribution in [-0.2, 0) is 0 Å². The lowest BCUT2D eigenvalue weighted by atomic mass is 10.3. The molecule has 0 aromatic rings. The molecule has 0 amide bonds. The molecular weight excluding hydrogens is 264 g/mol. The van der Waals surface area contributed by atoms with E-state index in [1.165, 1.54) is 0 Å². The molecule has 1 unspecified atom stereocenters. The van der Waals surface area contributed by atoms with E-state index < -0.39 is 6.10 Å². The van der Waals surface area contributed by atoms with Crippen LogP contribution in [0.1, 0.15) is 13.8 Å². The van der Waals surface area contributed by atoms with Crippen LogP contribution in [0.15, 0.2) is 0 Å². The second-order valence-electron chi connectivity index (χ2n) is 2.66. The summed E-state index contributed by atoms with van der Waals surface area (Å²) in [5.74, 6) is 0.291. The molecule has 2 nitrogen and oxygen atoms in total. The minimum absolute atomic E-state index is 0.0325. The Labute approximate surface area is 80.5 Å². The molecule has 0 radical (unpaired) electrons. The third-order valence-corrected chi connectivity index (χ3v) is 1.67. The smallest absolute Gasteiger partial charge is 0.0800 e. The van der Waals surface area contributed by atoms with Crippen molar-refractivity contribution < 1.29 is 5.11 Å². The van der Waals surface area contributed by atoms with Crippen molar-refractivity contribution in [3.05, 3.63) is 0 Å². The minimum atomic E-state index is -0.435. The quantitative estimate of drug-likeness (QED) is 0.462. The van der Waals surface area contributed by atoms with Crippen molar-refractivity contribution in [2.75, 3.05) is 12.4 Å². The van der Waals surface area contributed by atoms with Gasteiger partial charge in [-0.3, -0.25) is 0 Å². The topological polar surface area (TPSA) is 32.3 Å². The lowest BCUT2D eigenvalue weighted by Crippen LogP contribution is -2.38. The lowest BCUT2D eigenvalue weighted by Gasteiger charge is -2.19. The number of nitrogens with one attached hydrogen (secondary N) is 1. The number of halogens is 2. The minimum Gasteiger partial charge on any atom is -0.391 e. The maximum Gasteiger partial charge on any atom is 0.0800 e. The average Bonchev–Trinajstić information content (AvgIpc) is 1.81. The van der Waals surface area contributed by atoms with Gasteiger partial charge >= 0.3 is 0 Å². The standard InChI is InChI=1S/C6H13ClINO/c1-6(2,8)9-4-5(10)3-7/h5,9-10H,3-4H2,1-2H3. The third-order valence-electron chi connectivity index (χ3n) is 0.936. The summed E-state index contributed by atoms with van der Waals surface area (Å²) in [6.45, 7) is 4.63. The van der Waals surface area contributed by atoms with Gasteiger partial charge in [0.1, 0.15) is 0 Å². The molecule has 0 fully saturated rings. The highest BCUT2D eigenvalue weighted by Crippen LogP contribution is 2.11. The van der Waals surface area contributed by atoms with Gasteiger partial charge < -0.3 is 10.4 Å². The zero-order valence-corrected chi connectivity index (χ0v) is 9.11.